The summed E-state index contributed by atoms with van der Waals surface area (Å²) in [5.74, 6) is 6.39. The van der Waals surface area contributed by atoms with E-state index in [1.165, 1.54) is 44.9 Å². The second kappa shape index (κ2) is 5.76. The van der Waals surface area contributed by atoms with E-state index in [-0.39, 0.29) is 0 Å². The second-order valence-corrected chi connectivity index (χ2v) is 7.02. The Morgan fingerprint density at radius 3 is 1.53 bits per heavy atom. The Balaban J connectivity index is 1.54. The van der Waals surface area contributed by atoms with E-state index < -0.39 is 0 Å². The lowest BCUT2D eigenvalue weighted by Gasteiger charge is -2.14. The molecule has 0 aromatic heterocycles. The molecule has 2 aliphatic carbocycles. The fourth-order valence-electron chi connectivity index (χ4n) is 4.06. The molecule has 100 valence electrons. The van der Waals surface area contributed by atoms with Crippen molar-refractivity contribution in [1.29, 1.82) is 0 Å². The third-order valence-electron chi connectivity index (χ3n) is 5.78. The van der Waals surface area contributed by atoms with E-state index in [1.807, 2.05) is 0 Å². The van der Waals surface area contributed by atoms with Gasteiger partial charge in [-0.2, -0.15) is 0 Å². The number of hydrogen-bond acceptors (Lipinski definition) is 0. The van der Waals surface area contributed by atoms with Gasteiger partial charge in [0.1, 0.15) is 0 Å². The van der Waals surface area contributed by atoms with Crippen LogP contribution in [0, 0.1) is 35.5 Å². The van der Waals surface area contributed by atoms with Gasteiger partial charge in [0.25, 0.3) is 0 Å². The molecule has 0 spiro atoms. The molecular weight excluding hydrogens is 204 g/mol. The average molecular weight is 236 g/mol. The highest BCUT2D eigenvalue weighted by Gasteiger charge is 2.40. The van der Waals surface area contributed by atoms with Crippen LogP contribution in [0.1, 0.15) is 72.6 Å². The quantitative estimate of drug-likeness (QED) is 0.520. The summed E-state index contributed by atoms with van der Waals surface area (Å²) in [5.41, 5.74) is 0. The molecule has 0 aromatic carbocycles. The maximum absolute atomic E-state index is 2.50. The zero-order chi connectivity index (χ0) is 12.4. The molecule has 2 rings (SSSR count). The van der Waals surface area contributed by atoms with Gasteiger partial charge in [-0.05, 0) is 48.3 Å². The molecule has 0 saturated heterocycles. The zero-order valence-electron chi connectivity index (χ0n) is 12.4. The van der Waals surface area contributed by atoms with Crippen LogP contribution in [0.2, 0.25) is 0 Å². The first kappa shape index (κ1) is 13.4. The van der Waals surface area contributed by atoms with Crippen molar-refractivity contribution in [3.63, 3.8) is 0 Å². The molecule has 0 amide bonds. The molecule has 0 heterocycles. The topological polar surface area (TPSA) is 0 Å². The SMILES string of the molecule is CCC1CC1C(C)CCCC(C)C1CC1CC. The normalized spacial score (nSPS) is 38.8. The highest BCUT2D eigenvalue weighted by molar-refractivity contribution is 4.90. The third-order valence-corrected chi connectivity index (χ3v) is 5.78. The summed E-state index contributed by atoms with van der Waals surface area (Å²) in [6, 6.07) is 0. The summed E-state index contributed by atoms with van der Waals surface area (Å²) in [7, 11) is 0. The minimum Gasteiger partial charge on any atom is -0.0651 e. The lowest BCUT2D eigenvalue weighted by molar-refractivity contribution is 0.369. The van der Waals surface area contributed by atoms with E-state index in [0.717, 1.165) is 35.5 Å². The van der Waals surface area contributed by atoms with Gasteiger partial charge in [-0.1, -0.05) is 59.8 Å². The number of rotatable bonds is 8. The zero-order valence-corrected chi connectivity index (χ0v) is 12.4. The van der Waals surface area contributed by atoms with Crippen LogP contribution < -0.4 is 0 Å². The summed E-state index contributed by atoms with van der Waals surface area (Å²) in [4.78, 5) is 0. The fourth-order valence-corrected chi connectivity index (χ4v) is 4.06. The largest absolute Gasteiger partial charge is 0.0651 e. The monoisotopic (exact) mass is 236 g/mol. The smallest absolute Gasteiger partial charge is 0.0357 e. The molecule has 0 nitrogen and oxygen atoms in total. The van der Waals surface area contributed by atoms with E-state index in [9.17, 15) is 0 Å². The molecule has 6 atom stereocenters. The van der Waals surface area contributed by atoms with Gasteiger partial charge in [-0.25, -0.2) is 0 Å². The first-order chi connectivity index (χ1) is 8.17. The molecule has 0 heteroatoms. The Bertz CT molecular complexity index is 208. The molecular formula is C17H32. The minimum absolute atomic E-state index is 1.01. The van der Waals surface area contributed by atoms with Crippen molar-refractivity contribution >= 4 is 0 Å². The predicted octanol–water partition coefficient (Wildman–Crippen LogP) is 5.52. The fraction of sp³-hybridized carbons (Fsp3) is 1.00. The van der Waals surface area contributed by atoms with Gasteiger partial charge in [0.15, 0.2) is 0 Å². The van der Waals surface area contributed by atoms with E-state index in [4.69, 9.17) is 0 Å². The van der Waals surface area contributed by atoms with Crippen molar-refractivity contribution in [2.45, 2.75) is 72.6 Å². The summed E-state index contributed by atoms with van der Waals surface area (Å²) < 4.78 is 0. The van der Waals surface area contributed by atoms with Crippen molar-refractivity contribution < 1.29 is 0 Å². The molecule has 0 aromatic rings. The van der Waals surface area contributed by atoms with E-state index in [2.05, 4.69) is 27.7 Å². The van der Waals surface area contributed by atoms with Gasteiger partial charge in [0, 0.05) is 0 Å². The molecule has 17 heavy (non-hydrogen) atoms. The first-order valence-corrected chi connectivity index (χ1v) is 8.17. The summed E-state index contributed by atoms with van der Waals surface area (Å²) in [5, 5.41) is 0. The van der Waals surface area contributed by atoms with Crippen LogP contribution in [0.4, 0.5) is 0 Å². The van der Waals surface area contributed by atoms with Gasteiger partial charge in [-0.3, -0.25) is 0 Å². The van der Waals surface area contributed by atoms with Crippen molar-refractivity contribution in [2.24, 2.45) is 35.5 Å². The van der Waals surface area contributed by atoms with Crippen LogP contribution in [0.15, 0.2) is 0 Å². The Morgan fingerprint density at radius 2 is 1.24 bits per heavy atom. The van der Waals surface area contributed by atoms with Gasteiger partial charge in [0.05, 0.1) is 0 Å². The molecule has 0 radical (unpaired) electrons. The summed E-state index contributed by atoms with van der Waals surface area (Å²) >= 11 is 0. The molecule has 6 unspecified atom stereocenters. The molecule has 2 fully saturated rings. The average Bonchev–Trinajstić information content (AvgIpc) is 3.20. The summed E-state index contributed by atoms with van der Waals surface area (Å²) in [6.45, 7) is 9.71. The van der Waals surface area contributed by atoms with Crippen LogP contribution >= 0.6 is 0 Å². The maximum Gasteiger partial charge on any atom is -0.0357 e. The van der Waals surface area contributed by atoms with Crippen molar-refractivity contribution in [3.05, 3.63) is 0 Å². The lowest BCUT2D eigenvalue weighted by Crippen LogP contribution is -2.03. The predicted molar refractivity (Wildman–Crippen MR) is 76.0 cm³/mol. The van der Waals surface area contributed by atoms with Crippen LogP contribution in [-0.2, 0) is 0 Å². The third kappa shape index (κ3) is 3.48. The molecule has 0 aliphatic heterocycles. The Hall–Kier alpha value is 0. The highest BCUT2D eigenvalue weighted by Crippen LogP contribution is 2.49. The lowest BCUT2D eigenvalue weighted by atomic mass is 9.92. The minimum atomic E-state index is 1.01. The van der Waals surface area contributed by atoms with Gasteiger partial charge >= 0.3 is 0 Å². The Morgan fingerprint density at radius 1 is 0.824 bits per heavy atom. The maximum atomic E-state index is 2.50. The standard InChI is InChI=1S/C17H32/c1-5-14-10-16(14)12(3)8-7-9-13(4)17-11-15(17)6-2/h12-17H,5-11H2,1-4H3. The van der Waals surface area contributed by atoms with Crippen molar-refractivity contribution in [1.82, 2.24) is 0 Å². The Labute approximate surface area is 109 Å². The van der Waals surface area contributed by atoms with Gasteiger partial charge < -0.3 is 0 Å². The van der Waals surface area contributed by atoms with E-state index in [1.54, 1.807) is 0 Å². The van der Waals surface area contributed by atoms with E-state index >= 15 is 0 Å². The van der Waals surface area contributed by atoms with Crippen LogP contribution in [0.25, 0.3) is 0 Å². The van der Waals surface area contributed by atoms with Gasteiger partial charge in [-0.15, -0.1) is 0 Å². The second-order valence-electron chi connectivity index (χ2n) is 7.02. The number of hydrogen-bond donors (Lipinski definition) is 0. The summed E-state index contributed by atoms with van der Waals surface area (Å²) in [6.07, 6.45) is 10.4. The highest BCUT2D eigenvalue weighted by atomic mass is 14.5. The Kier molecular flexibility index (Phi) is 4.55. The van der Waals surface area contributed by atoms with Crippen LogP contribution in [-0.4, -0.2) is 0 Å². The van der Waals surface area contributed by atoms with Crippen molar-refractivity contribution in [2.75, 3.05) is 0 Å². The van der Waals surface area contributed by atoms with Crippen LogP contribution in [0.3, 0.4) is 0 Å². The first-order valence-electron chi connectivity index (χ1n) is 8.17. The van der Waals surface area contributed by atoms with Crippen molar-refractivity contribution in [3.8, 4) is 0 Å². The van der Waals surface area contributed by atoms with Crippen LogP contribution in [0.5, 0.6) is 0 Å². The molecule has 0 N–H and O–H groups in total. The van der Waals surface area contributed by atoms with Gasteiger partial charge in [0.2, 0.25) is 0 Å². The molecule has 0 bridgehead atoms. The molecule has 2 aliphatic rings. The molecule has 2 saturated carbocycles. The van der Waals surface area contributed by atoms with E-state index in [0.29, 0.717) is 0 Å².